The zero-order valence-corrected chi connectivity index (χ0v) is 11.7. The Morgan fingerprint density at radius 2 is 2.10 bits per heavy atom. The van der Waals surface area contributed by atoms with E-state index < -0.39 is 18.0 Å². The highest BCUT2D eigenvalue weighted by molar-refractivity contribution is 5.04. The minimum absolute atomic E-state index is 0.231. The highest BCUT2D eigenvalue weighted by Crippen LogP contribution is 2.43. The molecule has 1 aliphatic carbocycles. The lowest BCUT2D eigenvalue weighted by Crippen LogP contribution is -2.43. The molecule has 3 unspecified atom stereocenters. The maximum Gasteiger partial charge on any atom is 0.392 e. The second kappa shape index (κ2) is 6.16. The van der Waals surface area contributed by atoms with Crippen molar-refractivity contribution >= 4 is 0 Å². The van der Waals surface area contributed by atoms with Crippen LogP contribution < -0.4 is 5.73 Å². The normalized spacial score (nSPS) is 25.6. The molecular weight excluding hydrogens is 267 g/mol. The Bertz CT molecular complexity index is 428. The lowest BCUT2D eigenvalue weighted by molar-refractivity contribution is -0.198. The van der Waals surface area contributed by atoms with Crippen LogP contribution in [0.25, 0.3) is 0 Å². The summed E-state index contributed by atoms with van der Waals surface area (Å²) in [4.78, 5) is 0. The van der Waals surface area contributed by atoms with Gasteiger partial charge in [-0.2, -0.15) is 18.3 Å². The van der Waals surface area contributed by atoms with Crippen LogP contribution in [0.5, 0.6) is 0 Å². The van der Waals surface area contributed by atoms with Gasteiger partial charge >= 0.3 is 6.18 Å². The highest BCUT2D eigenvalue weighted by atomic mass is 19.4. The Morgan fingerprint density at radius 1 is 1.40 bits per heavy atom. The van der Waals surface area contributed by atoms with Crippen LogP contribution in [0.3, 0.4) is 0 Å². The van der Waals surface area contributed by atoms with Gasteiger partial charge in [0.05, 0.1) is 12.1 Å². The molecule has 2 N–H and O–H groups in total. The Labute approximate surface area is 117 Å². The van der Waals surface area contributed by atoms with Crippen molar-refractivity contribution in [2.75, 3.05) is 0 Å². The third-order valence-corrected chi connectivity index (χ3v) is 4.31. The fraction of sp³-hybridized carbons (Fsp3) is 0.786. The Balaban J connectivity index is 1.94. The van der Waals surface area contributed by atoms with E-state index in [9.17, 15) is 13.2 Å². The Hall–Kier alpha value is -1.04. The van der Waals surface area contributed by atoms with E-state index in [0.29, 0.717) is 25.7 Å². The monoisotopic (exact) mass is 289 g/mol. The van der Waals surface area contributed by atoms with Gasteiger partial charge in [0.15, 0.2) is 0 Å². The molecule has 0 aromatic carbocycles. The largest absolute Gasteiger partial charge is 0.392 e. The molecule has 20 heavy (non-hydrogen) atoms. The molecule has 1 aliphatic rings. The van der Waals surface area contributed by atoms with Crippen molar-refractivity contribution in [3.63, 3.8) is 0 Å². The van der Waals surface area contributed by atoms with Crippen LogP contribution in [0.2, 0.25) is 0 Å². The quantitative estimate of drug-likeness (QED) is 0.926. The smallest absolute Gasteiger partial charge is 0.327 e. The third-order valence-electron chi connectivity index (χ3n) is 4.31. The van der Waals surface area contributed by atoms with Gasteiger partial charge in [0.2, 0.25) is 0 Å². The molecule has 1 heterocycles. The molecule has 114 valence electrons. The van der Waals surface area contributed by atoms with E-state index in [2.05, 4.69) is 5.10 Å². The number of nitrogens with two attached hydrogens (primary N) is 1. The summed E-state index contributed by atoms with van der Waals surface area (Å²) in [5.74, 6) is -1.65. The van der Waals surface area contributed by atoms with E-state index in [1.807, 2.05) is 13.2 Å². The van der Waals surface area contributed by atoms with E-state index in [1.165, 1.54) is 0 Å². The second-order valence-electron chi connectivity index (χ2n) is 5.82. The number of rotatable bonds is 4. The van der Waals surface area contributed by atoms with Gasteiger partial charge in [-0.15, -0.1) is 0 Å². The van der Waals surface area contributed by atoms with E-state index in [-0.39, 0.29) is 12.5 Å². The second-order valence-corrected chi connectivity index (χ2v) is 5.82. The van der Waals surface area contributed by atoms with Crippen LogP contribution in [-0.2, 0) is 13.5 Å². The van der Waals surface area contributed by atoms with Gasteiger partial charge in [0.1, 0.15) is 0 Å². The molecular formula is C14H22F3N3. The molecule has 0 saturated heterocycles. The van der Waals surface area contributed by atoms with Crippen molar-refractivity contribution in [2.45, 2.75) is 50.7 Å². The van der Waals surface area contributed by atoms with Gasteiger partial charge in [-0.1, -0.05) is 12.8 Å². The predicted molar refractivity (Wildman–Crippen MR) is 71.0 cm³/mol. The van der Waals surface area contributed by atoms with Gasteiger partial charge in [0.25, 0.3) is 0 Å². The molecule has 1 fully saturated rings. The number of alkyl halides is 3. The van der Waals surface area contributed by atoms with E-state index >= 15 is 0 Å². The summed E-state index contributed by atoms with van der Waals surface area (Å²) in [7, 11) is 1.82. The minimum Gasteiger partial charge on any atom is -0.327 e. The lowest BCUT2D eigenvalue weighted by Gasteiger charge is -2.36. The first-order chi connectivity index (χ1) is 9.38. The fourth-order valence-electron chi connectivity index (χ4n) is 3.23. The van der Waals surface area contributed by atoms with Crippen molar-refractivity contribution in [3.05, 3.63) is 18.0 Å². The van der Waals surface area contributed by atoms with Crippen molar-refractivity contribution in [1.82, 2.24) is 9.78 Å². The molecule has 2 rings (SSSR count). The third kappa shape index (κ3) is 3.75. The van der Waals surface area contributed by atoms with Gasteiger partial charge in [-0.05, 0) is 37.2 Å². The van der Waals surface area contributed by atoms with E-state index in [4.69, 9.17) is 5.73 Å². The van der Waals surface area contributed by atoms with Crippen LogP contribution >= 0.6 is 0 Å². The van der Waals surface area contributed by atoms with Gasteiger partial charge in [-0.3, -0.25) is 4.68 Å². The molecule has 3 atom stereocenters. The van der Waals surface area contributed by atoms with Gasteiger partial charge in [0, 0.05) is 19.3 Å². The SMILES string of the molecule is Cn1cc(CCC(N)C2CCCCC2C(F)(F)F)cn1. The molecule has 1 saturated carbocycles. The van der Waals surface area contributed by atoms with E-state index in [0.717, 1.165) is 12.0 Å². The molecule has 0 aliphatic heterocycles. The van der Waals surface area contributed by atoms with Crippen LogP contribution in [0.15, 0.2) is 12.4 Å². The zero-order valence-electron chi connectivity index (χ0n) is 11.7. The summed E-state index contributed by atoms with van der Waals surface area (Å²) < 4.78 is 40.8. The van der Waals surface area contributed by atoms with Gasteiger partial charge < -0.3 is 5.73 Å². The summed E-state index contributed by atoms with van der Waals surface area (Å²) in [6.07, 6.45) is 3.14. The number of hydrogen-bond donors (Lipinski definition) is 1. The summed E-state index contributed by atoms with van der Waals surface area (Å²) >= 11 is 0. The first kappa shape index (κ1) is 15.4. The predicted octanol–water partition coefficient (Wildman–Crippen LogP) is 3.05. The summed E-state index contributed by atoms with van der Waals surface area (Å²) in [6, 6.07) is -0.387. The number of nitrogens with zero attached hydrogens (tertiary/aromatic N) is 2. The lowest BCUT2D eigenvalue weighted by atomic mass is 9.74. The first-order valence-corrected chi connectivity index (χ1v) is 7.17. The fourth-order valence-corrected chi connectivity index (χ4v) is 3.23. The maximum atomic E-state index is 13.0. The number of halogens is 3. The Kier molecular flexibility index (Phi) is 4.73. The molecule has 1 aromatic rings. The first-order valence-electron chi connectivity index (χ1n) is 7.17. The van der Waals surface area contributed by atoms with Crippen molar-refractivity contribution in [3.8, 4) is 0 Å². The molecule has 6 heteroatoms. The molecule has 0 radical (unpaired) electrons. The van der Waals surface area contributed by atoms with Crippen molar-refractivity contribution in [1.29, 1.82) is 0 Å². The standard InChI is InChI=1S/C14H22F3N3/c1-20-9-10(8-19-20)6-7-13(18)11-4-2-3-5-12(11)14(15,16)17/h8-9,11-13H,2-7,18H2,1H3. The number of aryl methyl sites for hydroxylation is 2. The van der Waals surface area contributed by atoms with Gasteiger partial charge in [-0.25, -0.2) is 0 Å². The summed E-state index contributed by atoms with van der Waals surface area (Å²) in [6.45, 7) is 0. The number of hydrogen-bond acceptors (Lipinski definition) is 2. The van der Waals surface area contributed by atoms with E-state index in [1.54, 1.807) is 10.9 Å². The van der Waals surface area contributed by atoms with Crippen LogP contribution in [-0.4, -0.2) is 22.0 Å². The highest BCUT2D eigenvalue weighted by Gasteiger charge is 2.46. The van der Waals surface area contributed by atoms with Crippen molar-refractivity contribution < 1.29 is 13.2 Å². The maximum absolute atomic E-state index is 13.0. The van der Waals surface area contributed by atoms with Crippen LogP contribution in [0.1, 0.15) is 37.7 Å². The minimum atomic E-state index is -4.11. The Morgan fingerprint density at radius 3 is 2.70 bits per heavy atom. The number of aromatic nitrogens is 2. The zero-order chi connectivity index (χ0) is 14.8. The van der Waals surface area contributed by atoms with Crippen molar-refractivity contribution in [2.24, 2.45) is 24.6 Å². The topological polar surface area (TPSA) is 43.8 Å². The molecule has 1 aromatic heterocycles. The van der Waals surface area contributed by atoms with Crippen LogP contribution in [0, 0.1) is 11.8 Å². The summed E-state index contributed by atoms with van der Waals surface area (Å²) in [5.41, 5.74) is 7.09. The molecule has 3 nitrogen and oxygen atoms in total. The van der Waals surface area contributed by atoms with Crippen LogP contribution in [0.4, 0.5) is 13.2 Å². The molecule has 0 bridgehead atoms. The molecule has 0 amide bonds. The molecule has 0 spiro atoms. The average molecular weight is 289 g/mol. The average Bonchev–Trinajstić information content (AvgIpc) is 2.81. The summed E-state index contributed by atoms with van der Waals surface area (Å²) in [5, 5.41) is 4.06.